The maximum absolute atomic E-state index is 13.7. The van der Waals surface area contributed by atoms with Crippen LogP contribution in [0.5, 0.6) is 0 Å². The van der Waals surface area contributed by atoms with E-state index in [0.717, 1.165) is 44.9 Å². The van der Waals surface area contributed by atoms with Crippen LogP contribution in [0, 0.1) is 35.0 Å². The molecule has 0 spiro atoms. The number of rotatable bonds is 10. The van der Waals surface area contributed by atoms with E-state index in [1.165, 1.54) is 6.42 Å². The van der Waals surface area contributed by atoms with Crippen molar-refractivity contribution in [1.29, 1.82) is 0 Å². The molecule has 3 unspecified atom stereocenters. The number of aliphatic hydroxyl groups excluding tert-OH is 1. The van der Waals surface area contributed by atoms with Crippen LogP contribution in [0.4, 0.5) is 0 Å². The third kappa shape index (κ3) is 4.72. The van der Waals surface area contributed by atoms with Crippen LogP contribution in [-0.2, 0) is 14.4 Å². The van der Waals surface area contributed by atoms with Crippen molar-refractivity contribution >= 4 is 17.6 Å². The molecule has 4 N–H and O–H groups in total. The van der Waals surface area contributed by atoms with Crippen LogP contribution in [0.15, 0.2) is 0 Å². The summed E-state index contributed by atoms with van der Waals surface area (Å²) in [5, 5.41) is 13.7. The number of ketones is 1. The first-order valence-corrected chi connectivity index (χ1v) is 13.1. The number of fused-ring (bicyclic) bond motifs is 1. The summed E-state index contributed by atoms with van der Waals surface area (Å²) in [5.41, 5.74) is 5.47. The summed E-state index contributed by atoms with van der Waals surface area (Å²) in [4.78, 5) is 41.1. The minimum Gasteiger partial charge on any atom is -0.383 e. The number of likely N-dealkylation sites (N-methyl/N-ethyl adjacent to an activating group) is 1. The first kappa shape index (κ1) is 24.6. The van der Waals surface area contributed by atoms with Crippen molar-refractivity contribution in [3.63, 3.8) is 0 Å². The Morgan fingerprint density at radius 3 is 2.30 bits per heavy atom. The largest absolute Gasteiger partial charge is 0.383 e. The molecule has 7 heteroatoms. The number of carbonyl (C=O) groups excluding carboxylic acids is 3. The second-order valence-electron chi connectivity index (χ2n) is 11.9. The van der Waals surface area contributed by atoms with E-state index >= 15 is 0 Å². The number of nitrogens with one attached hydrogen (secondary N) is 1. The Bertz CT molecular complexity index is 759. The molecular formula is C26H43N3O4. The lowest BCUT2D eigenvalue weighted by atomic mass is 9.75. The van der Waals surface area contributed by atoms with Crippen molar-refractivity contribution in [2.45, 2.75) is 96.2 Å². The first-order chi connectivity index (χ1) is 15.7. The zero-order chi connectivity index (χ0) is 23.9. The highest BCUT2D eigenvalue weighted by Gasteiger charge is 2.69. The van der Waals surface area contributed by atoms with Gasteiger partial charge in [-0.15, -0.1) is 0 Å². The minimum atomic E-state index is -1.31. The number of nitrogens with two attached hydrogens (primary N) is 1. The van der Waals surface area contributed by atoms with Gasteiger partial charge in [0.1, 0.15) is 6.10 Å². The molecule has 186 valence electrons. The molecule has 0 aromatic rings. The number of hydrogen-bond donors (Lipinski definition) is 3. The summed E-state index contributed by atoms with van der Waals surface area (Å²) in [6.07, 6.45) is 8.41. The minimum absolute atomic E-state index is 0.00968. The van der Waals surface area contributed by atoms with Gasteiger partial charge in [-0.2, -0.15) is 0 Å². The fourth-order valence-corrected chi connectivity index (χ4v) is 7.18. The summed E-state index contributed by atoms with van der Waals surface area (Å²) < 4.78 is 0. The predicted molar refractivity (Wildman–Crippen MR) is 126 cm³/mol. The first-order valence-electron chi connectivity index (χ1n) is 13.1. The molecule has 0 aromatic heterocycles. The van der Waals surface area contributed by atoms with Crippen LogP contribution in [0.2, 0.25) is 0 Å². The Hall–Kier alpha value is -1.47. The molecule has 1 saturated heterocycles. The number of nitrogens with zero attached hydrogens (tertiary/aromatic N) is 1. The van der Waals surface area contributed by atoms with E-state index in [4.69, 9.17) is 5.73 Å². The third-order valence-electron chi connectivity index (χ3n) is 9.58. The molecule has 1 heterocycles. The van der Waals surface area contributed by atoms with Gasteiger partial charge < -0.3 is 21.1 Å². The monoisotopic (exact) mass is 461 g/mol. The molecule has 2 amide bonds. The fraction of sp³-hybridized carbons (Fsp3) is 0.885. The third-order valence-corrected chi connectivity index (χ3v) is 9.58. The SMILES string of the molecule is CN[C@H](C(=O)N1C[C@H]2C([C@H]1C(=O)CC(CC1CCC1)C(O)C(N)=O)C2(C)C)C1CCCCC1. The van der Waals surface area contributed by atoms with Gasteiger partial charge in [-0.05, 0) is 55.4 Å². The van der Waals surface area contributed by atoms with Crippen LogP contribution in [0.25, 0.3) is 0 Å². The van der Waals surface area contributed by atoms with Crippen molar-refractivity contribution in [2.75, 3.05) is 13.6 Å². The lowest BCUT2D eigenvalue weighted by Crippen LogP contribution is -2.55. The summed E-state index contributed by atoms with van der Waals surface area (Å²) in [7, 11) is 1.85. The Balaban J connectivity index is 1.51. The zero-order valence-electron chi connectivity index (χ0n) is 20.6. The number of Topliss-reactive ketones (excluding diaryl/α,β-unsaturated/α-hetero) is 1. The summed E-state index contributed by atoms with van der Waals surface area (Å²) in [6, 6.07) is -0.705. The summed E-state index contributed by atoms with van der Waals surface area (Å²) in [6.45, 7) is 5.00. The number of carbonyl (C=O) groups is 3. The van der Waals surface area contributed by atoms with E-state index < -0.39 is 24.0 Å². The number of aliphatic hydroxyl groups is 1. The van der Waals surface area contributed by atoms with Gasteiger partial charge in [0.25, 0.3) is 0 Å². The predicted octanol–water partition coefficient (Wildman–Crippen LogP) is 2.25. The van der Waals surface area contributed by atoms with E-state index in [-0.39, 0.29) is 35.5 Å². The standard InChI is InChI=1S/C26H43N3O4/c1-26(2)18-14-29(25(33)21(28-3)16-10-5-4-6-11-16)22(20(18)26)19(30)13-17(23(31)24(27)32)12-15-8-7-9-15/h15-18,20-23,28,31H,4-14H2,1-3H3,(H2,27,32)/t17?,18-,20?,21-,22+,23?/m0/s1. The Labute approximate surface area is 198 Å². The van der Waals surface area contributed by atoms with Gasteiger partial charge >= 0.3 is 0 Å². The van der Waals surface area contributed by atoms with Crippen molar-refractivity contribution in [3.05, 3.63) is 0 Å². The van der Waals surface area contributed by atoms with Crippen LogP contribution in [-0.4, -0.2) is 59.4 Å². The normalized spacial score (nSPS) is 31.9. The fourth-order valence-electron chi connectivity index (χ4n) is 7.18. The molecule has 0 bridgehead atoms. The van der Waals surface area contributed by atoms with E-state index in [2.05, 4.69) is 19.2 Å². The van der Waals surface area contributed by atoms with Gasteiger partial charge in [-0.3, -0.25) is 14.4 Å². The topological polar surface area (TPSA) is 113 Å². The summed E-state index contributed by atoms with van der Waals surface area (Å²) >= 11 is 0. The Kier molecular flexibility index (Phi) is 7.21. The van der Waals surface area contributed by atoms with Crippen LogP contribution >= 0.6 is 0 Å². The van der Waals surface area contributed by atoms with Gasteiger partial charge in [0, 0.05) is 18.9 Å². The number of hydrogen-bond acceptors (Lipinski definition) is 5. The zero-order valence-corrected chi connectivity index (χ0v) is 20.6. The lowest BCUT2D eigenvalue weighted by Gasteiger charge is -2.37. The van der Waals surface area contributed by atoms with Gasteiger partial charge in [0.15, 0.2) is 5.78 Å². The van der Waals surface area contributed by atoms with Crippen molar-refractivity contribution < 1.29 is 19.5 Å². The maximum Gasteiger partial charge on any atom is 0.246 e. The van der Waals surface area contributed by atoms with Gasteiger partial charge in [0.05, 0.1) is 12.1 Å². The molecule has 4 rings (SSSR count). The number of amides is 2. The van der Waals surface area contributed by atoms with Crippen molar-refractivity contribution in [2.24, 2.45) is 40.7 Å². The van der Waals surface area contributed by atoms with Crippen molar-refractivity contribution in [3.8, 4) is 0 Å². The molecule has 33 heavy (non-hydrogen) atoms. The van der Waals surface area contributed by atoms with E-state index in [1.54, 1.807) is 0 Å². The molecule has 4 aliphatic rings. The van der Waals surface area contributed by atoms with E-state index in [0.29, 0.717) is 30.7 Å². The second kappa shape index (κ2) is 9.65. The molecule has 0 radical (unpaired) electrons. The molecule has 0 aromatic carbocycles. The quantitative estimate of drug-likeness (QED) is 0.462. The molecule has 6 atom stereocenters. The van der Waals surface area contributed by atoms with Crippen molar-refractivity contribution in [1.82, 2.24) is 10.2 Å². The van der Waals surface area contributed by atoms with Gasteiger partial charge in [0.2, 0.25) is 11.8 Å². The van der Waals surface area contributed by atoms with Gasteiger partial charge in [-0.1, -0.05) is 52.4 Å². The Morgan fingerprint density at radius 2 is 1.76 bits per heavy atom. The van der Waals surface area contributed by atoms with Crippen LogP contribution in [0.3, 0.4) is 0 Å². The molecule has 7 nitrogen and oxygen atoms in total. The van der Waals surface area contributed by atoms with Crippen LogP contribution in [0.1, 0.15) is 78.1 Å². The van der Waals surface area contributed by atoms with E-state index in [1.807, 2.05) is 11.9 Å². The van der Waals surface area contributed by atoms with Crippen LogP contribution < -0.4 is 11.1 Å². The number of likely N-dealkylation sites (tertiary alicyclic amines) is 1. The highest BCUT2D eigenvalue weighted by molar-refractivity contribution is 5.93. The molecule has 3 aliphatic carbocycles. The molecule has 4 fully saturated rings. The maximum atomic E-state index is 13.7. The van der Waals surface area contributed by atoms with E-state index in [9.17, 15) is 19.5 Å². The average molecular weight is 462 g/mol. The number of primary amides is 1. The molecule has 3 saturated carbocycles. The lowest BCUT2D eigenvalue weighted by molar-refractivity contribution is -0.143. The highest BCUT2D eigenvalue weighted by atomic mass is 16.3. The summed E-state index contributed by atoms with van der Waals surface area (Å²) in [5.74, 6) is 0.0861. The smallest absolute Gasteiger partial charge is 0.246 e. The average Bonchev–Trinajstić information content (AvgIpc) is 3.10. The number of piperidine rings is 1. The molecular weight excluding hydrogens is 418 g/mol. The van der Waals surface area contributed by atoms with Gasteiger partial charge in [-0.25, -0.2) is 0 Å². The molecule has 1 aliphatic heterocycles. The highest BCUT2D eigenvalue weighted by Crippen LogP contribution is 2.65. The second-order valence-corrected chi connectivity index (χ2v) is 11.9. The Morgan fingerprint density at radius 1 is 1.09 bits per heavy atom.